The molecule has 1 atom stereocenters. The predicted octanol–water partition coefficient (Wildman–Crippen LogP) is 0.263. The highest BCUT2D eigenvalue weighted by Gasteiger charge is 2.34. The van der Waals surface area contributed by atoms with Crippen LogP contribution in [0.2, 0.25) is 0 Å². The van der Waals surface area contributed by atoms with E-state index in [1.165, 1.54) is 0 Å². The average Bonchev–Trinajstić information content (AvgIpc) is 2.27. The third-order valence-electron chi connectivity index (χ3n) is 2.71. The van der Waals surface area contributed by atoms with E-state index in [2.05, 4.69) is 0 Å². The molecule has 1 aliphatic rings. The van der Waals surface area contributed by atoms with Crippen LogP contribution in [0.5, 0.6) is 0 Å². The fourth-order valence-corrected chi connectivity index (χ4v) is 1.93. The first-order valence-corrected chi connectivity index (χ1v) is 4.97. The molecule has 3 amide bonds. The largest absolute Gasteiger partial charge is 0.396 e. The second kappa shape index (κ2) is 3.94. The lowest BCUT2D eigenvalue weighted by atomic mass is 9.92. The maximum Gasteiger partial charge on any atom is 0.326 e. The molecule has 1 aromatic rings. The van der Waals surface area contributed by atoms with Gasteiger partial charge in [0.1, 0.15) is 0 Å². The molecule has 1 unspecified atom stereocenters. The molecule has 0 spiro atoms. The monoisotopic (exact) mass is 220 g/mol. The molecule has 0 bridgehead atoms. The summed E-state index contributed by atoms with van der Waals surface area (Å²) in [6, 6.07) is 6.24. The Hall–Kier alpha value is -1.88. The Morgan fingerprint density at radius 1 is 1.50 bits per heavy atom. The van der Waals surface area contributed by atoms with Gasteiger partial charge >= 0.3 is 6.03 Å². The van der Waals surface area contributed by atoms with Gasteiger partial charge in [0.05, 0.1) is 18.2 Å². The van der Waals surface area contributed by atoms with Crippen molar-refractivity contribution in [2.75, 3.05) is 11.5 Å². The number of aliphatic hydroxyl groups is 1. The SMILES string of the molecule is NC(=O)N1C(=O)C(CO)Cc2ccccc21. The van der Waals surface area contributed by atoms with Gasteiger partial charge in [0.15, 0.2) is 0 Å². The van der Waals surface area contributed by atoms with Crippen molar-refractivity contribution in [3.8, 4) is 0 Å². The molecule has 1 heterocycles. The summed E-state index contributed by atoms with van der Waals surface area (Å²) >= 11 is 0. The van der Waals surface area contributed by atoms with Gasteiger partial charge < -0.3 is 10.8 Å². The van der Waals surface area contributed by atoms with E-state index >= 15 is 0 Å². The van der Waals surface area contributed by atoms with Gasteiger partial charge in [-0.2, -0.15) is 0 Å². The molecule has 5 nitrogen and oxygen atoms in total. The zero-order chi connectivity index (χ0) is 11.7. The minimum atomic E-state index is -0.810. The Morgan fingerprint density at radius 2 is 2.19 bits per heavy atom. The van der Waals surface area contributed by atoms with E-state index in [9.17, 15) is 9.59 Å². The van der Waals surface area contributed by atoms with Crippen LogP contribution < -0.4 is 10.6 Å². The summed E-state index contributed by atoms with van der Waals surface area (Å²) in [5.74, 6) is -1.02. The van der Waals surface area contributed by atoms with Crippen LogP contribution in [0, 0.1) is 5.92 Å². The fourth-order valence-electron chi connectivity index (χ4n) is 1.93. The third-order valence-corrected chi connectivity index (χ3v) is 2.71. The Labute approximate surface area is 92.5 Å². The number of nitrogens with zero attached hydrogens (tertiary/aromatic N) is 1. The first-order chi connectivity index (χ1) is 7.65. The van der Waals surface area contributed by atoms with Crippen LogP contribution in [-0.4, -0.2) is 23.7 Å². The second-order valence-electron chi connectivity index (χ2n) is 3.72. The van der Waals surface area contributed by atoms with E-state index in [1.807, 2.05) is 12.1 Å². The van der Waals surface area contributed by atoms with Crippen LogP contribution >= 0.6 is 0 Å². The maximum atomic E-state index is 11.8. The molecule has 3 N–H and O–H groups in total. The van der Waals surface area contributed by atoms with Gasteiger partial charge in [-0.1, -0.05) is 18.2 Å². The topological polar surface area (TPSA) is 83.6 Å². The van der Waals surface area contributed by atoms with Crippen molar-refractivity contribution in [3.63, 3.8) is 0 Å². The summed E-state index contributed by atoms with van der Waals surface area (Å²) in [7, 11) is 0. The van der Waals surface area contributed by atoms with Gasteiger partial charge in [-0.3, -0.25) is 4.79 Å². The number of nitrogens with two attached hydrogens (primary N) is 1. The molecule has 16 heavy (non-hydrogen) atoms. The van der Waals surface area contributed by atoms with Crippen LogP contribution in [0.3, 0.4) is 0 Å². The molecule has 0 radical (unpaired) electrons. The number of benzene rings is 1. The number of amides is 3. The molecule has 0 fully saturated rings. The molecule has 0 saturated heterocycles. The Bertz CT molecular complexity index is 445. The zero-order valence-corrected chi connectivity index (χ0v) is 8.59. The quantitative estimate of drug-likeness (QED) is 0.712. The first kappa shape index (κ1) is 10.6. The standard InChI is InChI=1S/C11H12N2O3/c12-11(16)13-9-4-2-1-3-7(9)5-8(6-14)10(13)15/h1-4,8,14H,5-6H2,(H2,12,16). The van der Waals surface area contributed by atoms with Crippen LogP contribution in [0.25, 0.3) is 0 Å². The minimum Gasteiger partial charge on any atom is -0.396 e. The number of imide groups is 1. The van der Waals surface area contributed by atoms with E-state index in [1.54, 1.807) is 12.1 Å². The number of anilines is 1. The Kier molecular flexibility index (Phi) is 2.62. The number of para-hydroxylation sites is 1. The van der Waals surface area contributed by atoms with Gasteiger partial charge in [0, 0.05) is 0 Å². The van der Waals surface area contributed by atoms with Crippen LogP contribution in [0.1, 0.15) is 5.56 Å². The second-order valence-corrected chi connectivity index (χ2v) is 3.72. The summed E-state index contributed by atoms with van der Waals surface area (Å²) in [6.07, 6.45) is 0.440. The van der Waals surface area contributed by atoms with Crippen LogP contribution in [-0.2, 0) is 11.2 Å². The molecule has 0 aromatic heterocycles. The smallest absolute Gasteiger partial charge is 0.326 e. The number of hydrogen-bond acceptors (Lipinski definition) is 3. The predicted molar refractivity (Wildman–Crippen MR) is 57.8 cm³/mol. The van der Waals surface area contributed by atoms with Crippen LogP contribution in [0.15, 0.2) is 24.3 Å². The highest BCUT2D eigenvalue weighted by molar-refractivity contribution is 6.16. The lowest BCUT2D eigenvalue weighted by Crippen LogP contribution is -2.48. The normalized spacial score (nSPS) is 19.4. The van der Waals surface area contributed by atoms with Crippen molar-refractivity contribution >= 4 is 17.6 Å². The molecule has 5 heteroatoms. The number of urea groups is 1. The fraction of sp³-hybridized carbons (Fsp3) is 0.273. The van der Waals surface area contributed by atoms with Crippen molar-refractivity contribution in [2.24, 2.45) is 11.7 Å². The number of carbonyl (C=O) groups is 2. The van der Waals surface area contributed by atoms with Gasteiger partial charge in [0.25, 0.3) is 0 Å². The molecule has 0 aliphatic carbocycles. The van der Waals surface area contributed by atoms with Crippen molar-refractivity contribution < 1.29 is 14.7 Å². The summed E-state index contributed by atoms with van der Waals surface area (Å²) in [4.78, 5) is 24.0. The van der Waals surface area contributed by atoms with E-state index in [-0.39, 0.29) is 6.61 Å². The van der Waals surface area contributed by atoms with Gasteiger partial charge in [-0.15, -0.1) is 0 Å². The highest BCUT2D eigenvalue weighted by Crippen LogP contribution is 2.29. The summed E-state index contributed by atoms with van der Waals surface area (Å²) in [5, 5.41) is 9.09. The molecular formula is C11H12N2O3. The van der Waals surface area contributed by atoms with Crippen molar-refractivity contribution in [1.82, 2.24) is 0 Å². The van der Waals surface area contributed by atoms with Gasteiger partial charge in [-0.25, -0.2) is 9.69 Å². The van der Waals surface area contributed by atoms with Crippen LogP contribution in [0.4, 0.5) is 10.5 Å². The number of hydrogen-bond donors (Lipinski definition) is 2. The molecule has 2 rings (SSSR count). The average molecular weight is 220 g/mol. The van der Waals surface area contributed by atoms with E-state index < -0.39 is 17.9 Å². The molecular weight excluding hydrogens is 208 g/mol. The Morgan fingerprint density at radius 3 is 2.81 bits per heavy atom. The third kappa shape index (κ3) is 1.55. The number of primary amides is 1. The van der Waals surface area contributed by atoms with E-state index in [0.717, 1.165) is 10.5 Å². The van der Waals surface area contributed by atoms with E-state index in [0.29, 0.717) is 12.1 Å². The maximum absolute atomic E-state index is 11.8. The highest BCUT2D eigenvalue weighted by atomic mass is 16.3. The molecule has 0 saturated carbocycles. The number of carbonyl (C=O) groups excluding carboxylic acids is 2. The molecule has 84 valence electrons. The summed E-state index contributed by atoms with van der Waals surface area (Å²) in [5.41, 5.74) is 6.54. The number of fused-ring (bicyclic) bond motifs is 1. The lowest BCUT2D eigenvalue weighted by molar-refractivity contribution is -0.123. The molecule has 1 aromatic carbocycles. The minimum absolute atomic E-state index is 0.281. The number of rotatable bonds is 1. The first-order valence-electron chi connectivity index (χ1n) is 4.97. The van der Waals surface area contributed by atoms with Gasteiger partial charge in [-0.05, 0) is 18.1 Å². The summed E-state index contributed by atoms with van der Waals surface area (Å²) < 4.78 is 0. The zero-order valence-electron chi connectivity index (χ0n) is 8.59. The summed E-state index contributed by atoms with van der Waals surface area (Å²) in [6.45, 7) is -0.281. The van der Waals surface area contributed by atoms with Crippen molar-refractivity contribution in [1.29, 1.82) is 0 Å². The van der Waals surface area contributed by atoms with Crippen molar-refractivity contribution in [2.45, 2.75) is 6.42 Å². The lowest BCUT2D eigenvalue weighted by Gasteiger charge is -2.30. The van der Waals surface area contributed by atoms with E-state index in [4.69, 9.17) is 10.8 Å². The van der Waals surface area contributed by atoms with Gasteiger partial charge in [0.2, 0.25) is 5.91 Å². The Balaban J connectivity index is 2.50. The number of aliphatic hydroxyl groups excluding tert-OH is 1. The molecule has 1 aliphatic heterocycles. The van der Waals surface area contributed by atoms with Crippen molar-refractivity contribution in [3.05, 3.63) is 29.8 Å².